The van der Waals surface area contributed by atoms with E-state index in [2.05, 4.69) is 10.6 Å². The average molecular weight is 568 g/mol. The highest BCUT2D eigenvalue weighted by atomic mass is 32.2. The van der Waals surface area contributed by atoms with Crippen molar-refractivity contribution in [2.45, 2.75) is 24.0 Å². The van der Waals surface area contributed by atoms with Crippen molar-refractivity contribution >= 4 is 45.7 Å². The van der Waals surface area contributed by atoms with Crippen LogP contribution in [0.1, 0.15) is 31.6 Å². The minimum Gasteiger partial charge on any atom is -0.322 e. The molecule has 5 aromatic rings. The molecule has 2 N–H and O–H groups in total. The zero-order valence-electron chi connectivity index (χ0n) is 21.9. The largest absolute Gasteiger partial charge is 0.322 e. The Morgan fingerprint density at radius 1 is 0.825 bits per heavy atom. The number of nitrogens with zero attached hydrogens (tertiary/aromatic N) is 1. The van der Waals surface area contributed by atoms with Crippen molar-refractivity contribution < 1.29 is 14.0 Å². The topological polar surface area (TPSA) is 71.1 Å². The molecule has 0 saturated heterocycles. The Kier molecular flexibility index (Phi) is 8.38. The molecule has 0 aliphatic heterocycles. The number of hydrogen-bond acceptors (Lipinski definition) is 5. The molecule has 0 aliphatic rings. The number of halogens is 1. The molecule has 0 aliphatic carbocycles. The summed E-state index contributed by atoms with van der Waals surface area (Å²) in [5.74, 6) is -0.897. The van der Waals surface area contributed by atoms with Crippen LogP contribution in [0.4, 0.5) is 15.2 Å². The zero-order valence-corrected chi connectivity index (χ0v) is 23.5. The first-order valence-electron chi connectivity index (χ1n) is 12.6. The van der Waals surface area contributed by atoms with Gasteiger partial charge in [-0.2, -0.15) is 0 Å². The van der Waals surface area contributed by atoms with Gasteiger partial charge in [0.05, 0.1) is 5.69 Å². The van der Waals surface area contributed by atoms with E-state index >= 15 is 0 Å². The van der Waals surface area contributed by atoms with Gasteiger partial charge >= 0.3 is 0 Å². The van der Waals surface area contributed by atoms with Gasteiger partial charge < -0.3 is 10.6 Å². The lowest BCUT2D eigenvalue weighted by Gasteiger charge is -2.16. The molecule has 4 aromatic carbocycles. The first-order valence-corrected chi connectivity index (χ1v) is 14.3. The van der Waals surface area contributed by atoms with E-state index in [1.54, 1.807) is 12.1 Å². The molecule has 8 heteroatoms. The normalized spacial score (nSPS) is 11.6. The van der Waals surface area contributed by atoms with Crippen LogP contribution in [0.25, 0.3) is 11.3 Å². The first kappa shape index (κ1) is 27.3. The van der Waals surface area contributed by atoms with Gasteiger partial charge in [0.15, 0.2) is 5.13 Å². The summed E-state index contributed by atoms with van der Waals surface area (Å²) in [7, 11) is 0. The van der Waals surface area contributed by atoms with Crippen LogP contribution in [0.5, 0.6) is 0 Å². The van der Waals surface area contributed by atoms with Crippen LogP contribution >= 0.6 is 23.1 Å². The number of rotatable bonds is 8. The summed E-state index contributed by atoms with van der Waals surface area (Å²) in [6.07, 6.45) is 0. The summed E-state index contributed by atoms with van der Waals surface area (Å²) in [6.45, 7) is 4.05. The van der Waals surface area contributed by atoms with E-state index in [1.165, 1.54) is 52.9 Å². The molecular formula is C32H26FN3O2S2. The molecule has 40 heavy (non-hydrogen) atoms. The summed E-state index contributed by atoms with van der Waals surface area (Å²) in [5, 5.41) is 5.87. The number of benzene rings is 4. The lowest BCUT2D eigenvalue weighted by Crippen LogP contribution is -2.19. The number of carbonyl (C=O) groups is 2. The first-order chi connectivity index (χ1) is 19.4. The fraction of sp³-hybridized carbons (Fsp3) is 0.0938. The highest BCUT2D eigenvalue weighted by Crippen LogP contribution is 2.38. The van der Waals surface area contributed by atoms with Crippen LogP contribution in [0.3, 0.4) is 0 Å². The summed E-state index contributed by atoms with van der Waals surface area (Å²) >= 11 is 2.87. The Bertz CT molecular complexity index is 1620. The Hall–Kier alpha value is -4.27. The van der Waals surface area contributed by atoms with Crippen LogP contribution in [0.15, 0.2) is 108 Å². The van der Waals surface area contributed by atoms with Gasteiger partial charge in [-0.05, 0) is 67.9 Å². The molecule has 5 rings (SSSR count). The minimum atomic E-state index is -0.520. The molecule has 2 amide bonds. The smallest absolute Gasteiger partial charge is 0.255 e. The van der Waals surface area contributed by atoms with Gasteiger partial charge in [-0.25, -0.2) is 9.37 Å². The number of hydrogen-bond donors (Lipinski definition) is 2. The van der Waals surface area contributed by atoms with Crippen molar-refractivity contribution in [3.63, 3.8) is 0 Å². The second-order valence-electron chi connectivity index (χ2n) is 9.17. The van der Waals surface area contributed by atoms with E-state index in [4.69, 9.17) is 4.98 Å². The predicted octanol–water partition coefficient (Wildman–Crippen LogP) is 8.29. The van der Waals surface area contributed by atoms with Gasteiger partial charge in [-0.15, -0.1) is 23.1 Å². The standard InChI is InChI=1S/C32H26FN3O2S2/c1-20-8-10-22(11-9-20)28-21(2)39-32(35-28)36-31(38)29(23-6-4-3-5-7-23)40-27-18-16-26(17-19-27)34-30(37)24-12-14-25(33)15-13-24/h3-19,29H,1-2H3,(H,34,37)(H,35,36,38). The van der Waals surface area contributed by atoms with Crippen molar-refractivity contribution in [3.05, 3.63) is 131 Å². The van der Waals surface area contributed by atoms with Crippen LogP contribution in [0, 0.1) is 19.7 Å². The van der Waals surface area contributed by atoms with Crippen molar-refractivity contribution in [2.75, 3.05) is 10.6 Å². The number of aryl methyl sites for hydroxylation is 2. The monoisotopic (exact) mass is 567 g/mol. The molecular weight excluding hydrogens is 542 g/mol. The number of thiazole rings is 1. The molecule has 0 radical (unpaired) electrons. The third kappa shape index (κ3) is 6.65. The molecule has 5 nitrogen and oxygen atoms in total. The van der Waals surface area contributed by atoms with Gasteiger partial charge in [0.25, 0.3) is 5.91 Å². The molecule has 1 aromatic heterocycles. The molecule has 200 valence electrons. The quantitative estimate of drug-likeness (QED) is 0.185. The van der Waals surface area contributed by atoms with E-state index in [9.17, 15) is 14.0 Å². The van der Waals surface area contributed by atoms with Crippen molar-refractivity contribution in [3.8, 4) is 11.3 Å². The number of carbonyl (C=O) groups excluding carboxylic acids is 2. The Morgan fingerprint density at radius 2 is 1.50 bits per heavy atom. The number of nitrogens with one attached hydrogen (secondary N) is 2. The van der Waals surface area contributed by atoms with Gasteiger partial charge in [-0.1, -0.05) is 60.2 Å². The van der Waals surface area contributed by atoms with Crippen LogP contribution in [0.2, 0.25) is 0 Å². The Morgan fingerprint density at radius 3 is 2.17 bits per heavy atom. The van der Waals surface area contributed by atoms with Crippen molar-refractivity contribution in [1.82, 2.24) is 4.98 Å². The second kappa shape index (κ2) is 12.3. The summed E-state index contributed by atoms with van der Waals surface area (Å²) < 4.78 is 13.2. The zero-order chi connectivity index (χ0) is 28.1. The second-order valence-corrected chi connectivity index (χ2v) is 11.6. The highest BCUT2D eigenvalue weighted by Gasteiger charge is 2.24. The number of amides is 2. The van der Waals surface area contributed by atoms with Gasteiger partial charge in [0.1, 0.15) is 11.1 Å². The molecule has 1 heterocycles. The van der Waals surface area contributed by atoms with Crippen LogP contribution in [-0.2, 0) is 4.79 Å². The number of aromatic nitrogens is 1. The van der Waals surface area contributed by atoms with E-state index in [1.807, 2.05) is 80.6 Å². The number of anilines is 2. The minimum absolute atomic E-state index is 0.172. The average Bonchev–Trinajstić information content (AvgIpc) is 3.33. The molecule has 1 atom stereocenters. The van der Waals surface area contributed by atoms with Crippen LogP contribution < -0.4 is 10.6 Å². The van der Waals surface area contributed by atoms with E-state index in [0.29, 0.717) is 16.4 Å². The van der Waals surface area contributed by atoms with E-state index in [-0.39, 0.29) is 11.8 Å². The van der Waals surface area contributed by atoms with Crippen molar-refractivity contribution in [1.29, 1.82) is 0 Å². The van der Waals surface area contributed by atoms with Crippen molar-refractivity contribution in [2.24, 2.45) is 0 Å². The van der Waals surface area contributed by atoms with E-state index < -0.39 is 11.1 Å². The third-order valence-corrected chi connectivity index (χ3v) is 8.32. The molecule has 1 unspecified atom stereocenters. The maximum Gasteiger partial charge on any atom is 0.255 e. The predicted molar refractivity (Wildman–Crippen MR) is 161 cm³/mol. The lowest BCUT2D eigenvalue weighted by atomic mass is 10.1. The lowest BCUT2D eigenvalue weighted by molar-refractivity contribution is -0.115. The number of thioether (sulfide) groups is 1. The fourth-order valence-electron chi connectivity index (χ4n) is 4.06. The maximum atomic E-state index is 13.6. The Labute approximate surface area is 240 Å². The third-order valence-electron chi connectivity index (χ3n) is 6.16. The maximum absolute atomic E-state index is 13.6. The van der Waals surface area contributed by atoms with Gasteiger partial charge in [0, 0.05) is 26.6 Å². The SMILES string of the molecule is Cc1ccc(-c2nc(NC(=O)C(Sc3ccc(NC(=O)c4ccc(F)cc4)cc3)c3ccccc3)sc2C)cc1. The van der Waals surface area contributed by atoms with Gasteiger partial charge in [-0.3, -0.25) is 9.59 Å². The summed E-state index contributed by atoms with van der Waals surface area (Å²) in [6, 6.07) is 30.4. The highest BCUT2D eigenvalue weighted by molar-refractivity contribution is 8.00. The molecule has 0 bridgehead atoms. The molecule has 0 fully saturated rings. The van der Waals surface area contributed by atoms with E-state index in [0.717, 1.165) is 26.6 Å². The molecule has 0 spiro atoms. The summed E-state index contributed by atoms with van der Waals surface area (Å²) in [4.78, 5) is 32.6. The van der Waals surface area contributed by atoms with Crippen LogP contribution in [-0.4, -0.2) is 16.8 Å². The Balaban J connectivity index is 1.31. The van der Waals surface area contributed by atoms with Gasteiger partial charge in [0.2, 0.25) is 5.91 Å². The fourth-order valence-corrected chi connectivity index (χ4v) is 5.92. The summed E-state index contributed by atoms with van der Waals surface area (Å²) in [5.41, 5.74) is 4.88. The molecule has 0 saturated carbocycles.